The smallest absolute Gasteiger partial charge is 0.124 e. The van der Waals surface area contributed by atoms with Gasteiger partial charge in [-0.15, -0.1) is 0 Å². The third-order valence-corrected chi connectivity index (χ3v) is 4.72. The Labute approximate surface area is 171 Å². The first kappa shape index (κ1) is 24.7. The Hall–Kier alpha value is -1.30. The predicted molar refractivity (Wildman–Crippen MR) is 115 cm³/mol. The first-order valence-electron chi connectivity index (χ1n) is 10.6. The number of ether oxygens (including phenoxy) is 2. The van der Waals surface area contributed by atoms with Crippen LogP contribution in [0.5, 0.6) is 11.5 Å². The van der Waals surface area contributed by atoms with Crippen LogP contribution in [0, 0.1) is 0 Å². The number of benzene rings is 1. The molecule has 0 saturated carbocycles. The number of aliphatic hydroxyl groups is 1. The molecule has 1 rings (SSSR count). The average Bonchev–Trinajstić information content (AvgIpc) is 2.58. The van der Waals surface area contributed by atoms with E-state index >= 15 is 0 Å². The lowest BCUT2D eigenvalue weighted by molar-refractivity contribution is -0.145. The van der Waals surface area contributed by atoms with Gasteiger partial charge in [0, 0.05) is 39.1 Å². The summed E-state index contributed by atoms with van der Waals surface area (Å²) in [6, 6.07) is 6.16. The van der Waals surface area contributed by atoms with Gasteiger partial charge in [-0.3, -0.25) is 4.84 Å². The van der Waals surface area contributed by atoms with Crippen LogP contribution < -0.4 is 9.47 Å². The SMILES string of the molecule is CCCCc1cc(OC(C)(C)CCO)cc(OC(C)(C)CCON(C)CC)c1. The standard InChI is InChI=1S/C23H41NO4/c1-8-10-11-19-16-20(27-22(3,4)12-14-25)18-21(17-19)28-23(5,6)13-15-26-24(7)9-2/h16-18,25H,8-15H2,1-7H3. The monoisotopic (exact) mass is 395 g/mol. The van der Waals surface area contributed by atoms with Crippen molar-refractivity contribution in [3.8, 4) is 11.5 Å². The molecule has 0 spiro atoms. The maximum atomic E-state index is 9.28. The van der Waals surface area contributed by atoms with Crippen molar-refractivity contribution in [2.75, 3.05) is 26.8 Å². The lowest BCUT2D eigenvalue weighted by atomic mass is 10.0. The van der Waals surface area contributed by atoms with E-state index in [1.807, 2.05) is 32.0 Å². The van der Waals surface area contributed by atoms with E-state index in [1.54, 1.807) is 0 Å². The highest BCUT2D eigenvalue weighted by Crippen LogP contribution is 2.31. The molecule has 5 heteroatoms. The van der Waals surface area contributed by atoms with E-state index in [4.69, 9.17) is 14.3 Å². The van der Waals surface area contributed by atoms with Gasteiger partial charge in [0.05, 0.1) is 6.61 Å². The Morgan fingerprint density at radius 3 is 2.00 bits per heavy atom. The molecular formula is C23H41NO4. The van der Waals surface area contributed by atoms with Crippen LogP contribution in [0.4, 0.5) is 0 Å². The zero-order chi connectivity index (χ0) is 21.2. The van der Waals surface area contributed by atoms with Crippen molar-refractivity contribution in [1.29, 1.82) is 0 Å². The fraction of sp³-hybridized carbons (Fsp3) is 0.739. The minimum absolute atomic E-state index is 0.102. The number of hydroxylamine groups is 2. The fourth-order valence-corrected chi connectivity index (χ4v) is 2.82. The molecule has 1 aromatic rings. The summed E-state index contributed by atoms with van der Waals surface area (Å²) < 4.78 is 12.5. The number of aliphatic hydroxyl groups excluding tert-OH is 1. The Morgan fingerprint density at radius 1 is 0.929 bits per heavy atom. The lowest BCUT2D eigenvalue weighted by Gasteiger charge is -2.29. The number of hydrogen-bond acceptors (Lipinski definition) is 5. The third kappa shape index (κ3) is 9.76. The van der Waals surface area contributed by atoms with Crippen molar-refractivity contribution < 1.29 is 19.4 Å². The van der Waals surface area contributed by atoms with Crippen LogP contribution in [0.25, 0.3) is 0 Å². The molecule has 0 aliphatic carbocycles. The summed E-state index contributed by atoms with van der Waals surface area (Å²) in [4.78, 5) is 5.66. The first-order valence-corrected chi connectivity index (χ1v) is 10.6. The molecule has 0 aliphatic heterocycles. The van der Waals surface area contributed by atoms with Crippen LogP contribution in [0.2, 0.25) is 0 Å². The van der Waals surface area contributed by atoms with Crippen LogP contribution in [0.3, 0.4) is 0 Å². The van der Waals surface area contributed by atoms with Gasteiger partial charge in [-0.05, 0) is 58.2 Å². The van der Waals surface area contributed by atoms with E-state index in [0.717, 1.165) is 43.7 Å². The van der Waals surface area contributed by atoms with Gasteiger partial charge in [0.1, 0.15) is 22.7 Å². The van der Waals surface area contributed by atoms with Crippen LogP contribution in [0.1, 0.15) is 72.8 Å². The number of hydrogen-bond donors (Lipinski definition) is 1. The van der Waals surface area contributed by atoms with Crippen molar-refractivity contribution >= 4 is 0 Å². The molecular weight excluding hydrogens is 354 g/mol. The zero-order valence-corrected chi connectivity index (χ0v) is 19.0. The van der Waals surface area contributed by atoms with Gasteiger partial charge in [-0.1, -0.05) is 20.3 Å². The Kier molecular flexibility index (Phi) is 10.3. The van der Waals surface area contributed by atoms with Crippen LogP contribution in [-0.2, 0) is 11.3 Å². The van der Waals surface area contributed by atoms with Gasteiger partial charge in [-0.25, -0.2) is 0 Å². The van der Waals surface area contributed by atoms with E-state index in [0.29, 0.717) is 13.0 Å². The molecule has 0 aromatic heterocycles. The molecule has 0 amide bonds. The van der Waals surface area contributed by atoms with Crippen molar-refractivity contribution in [1.82, 2.24) is 5.06 Å². The average molecular weight is 396 g/mol. The van der Waals surface area contributed by atoms with Gasteiger partial charge in [0.2, 0.25) is 0 Å². The van der Waals surface area contributed by atoms with Crippen LogP contribution >= 0.6 is 0 Å². The Bertz CT molecular complexity index is 572. The summed E-state index contributed by atoms with van der Waals surface area (Å²) in [6.45, 7) is 14.0. The highest BCUT2D eigenvalue weighted by molar-refractivity contribution is 5.39. The maximum absolute atomic E-state index is 9.28. The zero-order valence-electron chi connectivity index (χ0n) is 19.0. The Balaban J connectivity index is 2.91. The summed E-state index contributed by atoms with van der Waals surface area (Å²) in [7, 11) is 1.93. The molecule has 0 unspecified atom stereocenters. The molecule has 0 aliphatic rings. The quantitative estimate of drug-likeness (QED) is 0.449. The van der Waals surface area contributed by atoms with Crippen molar-refractivity contribution in [3.05, 3.63) is 23.8 Å². The molecule has 0 fully saturated rings. The second-order valence-electron chi connectivity index (χ2n) is 8.64. The summed E-state index contributed by atoms with van der Waals surface area (Å²) in [6.07, 6.45) is 4.63. The van der Waals surface area contributed by atoms with E-state index in [1.165, 1.54) is 5.56 Å². The molecule has 1 N–H and O–H groups in total. The molecule has 1 aromatic carbocycles. The highest BCUT2D eigenvalue weighted by Gasteiger charge is 2.23. The number of rotatable bonds is 14. The van der Waals surface area contributed by atoms with Crippen molar-refractivity contribution in [3.63, 3.8) is 0 Å². The molecule has 0 heterocycles. The number of unbranched alkanes of at least 4 members (excludes halogenated alkanes) is 1. The normalized spacial score (nSPS) is 12.5. The summed E-state index contributed by atoms with van der Waals surface area (Å²) >= 11 is 0. The molecule has 0 radical (unpaired) electrons. The largest absolute Gasteiger partial charge is 0.488 e. The van der Waals surface area contributed by atoms with E-state index in [9.17, 15) is 5.11 Å². The molecule has 0 saturated heterocycles. The van der Waals surface area contributed by atoms with Crippen LogP contribution in [-0.4, -0.2) is 48.2 Å². The topological polar surface area (TPSA) is 51.2 Å². The summed E-state index contributed by atoms with van der Waals surface area (Å²) in [5, 5.41) is 11.1. The minimum Gasteiger partial charge on any atom is -0.488 e. The maximum Gasteiger partial charge on any atom is 0.124 e. The van der Waals surface area contributed by atoms with Gasteiger partial charge >= 0.3 is 0 Å². The first-order chi connectivity index (χ1) is 13.1. The van der Waals surface area contributed by atoms with Gasteiger partial charge in [0.15, 0.2) is 0 Å². The summed E-state index contributed by atoms with van der Waals surface area (Å²) in [5.41, 5.74) is 0.436. The van der Waals surface area contributed by atoms with Gasteiger partial charge in [-0.2, -0.15) is 5.06 Å². The number of nitrogens with zero attached hydrogens (tertiary/aromatic N) is 1. The van der Waals surface area contributed by atoms with Crippen molar-refractivity contribution in [2.24, 2.45) is 0 Å². The lowest BCUT2D eigenvalue weighted by Crippen LogP contribution is -2.32. The van der Waals surface area contributed by atoms with Crippen LogP contribution in [0.15, 0.2) is 18.2 Å². The fourth-order valence-electron chi connectivity index (χ4n) is 2.82. The van der Waals surface area contributed by atoms with Crippen molar-refractivity contribution in [2.45, 2.75) is 84.8 Å². The molecule has 0 atom stereocenters. The van der Waals surface area contributed by atoms with E-state index in [2.05, 4.69) is 39.8 Å². The van der Waals surface area contributed by atoms with E-state index < -0.39 is 5.60 Å². The minimum atomic E-state index is -0.427. The molecule has 5 nitrogen and oxygen atoms in total. The molecule has 0 bridgehead atoms. The third-order valence-electron chi connectivity index (χ3n) is 4.72. The second kappa shape index (κ2) is 11.6. The predicted octanol–water partition coefficient (Wildman–Crippen LogP) is 5.00. The number of aryl methyl sites for hydroxylation is 1. The highest BCUT2D eigenvalue weighted by atomic mass is 16.7. The second-order valence-corrected chi connectivity index (χ2v) is 8.64. The Morgan fingerprint density at radius 2 is 1.50 bits per heavy atom. The van der Waals surface area contributed by atoms with Gasteiger partial charge < -0.3 is 14.6 Å². The molecule has 162 valence electrons. The summed E-state index contributed by atoms with van der Waals surface area (Å²) in [5.74, 6) is 1.61. The van der Waals surface area contributed by atoms with Gasteiger partial charge in [0.25, 0.3) is 0 Å². The van der Waals surface area contributed by atoms with E-state index in [-0.39, 0.29) is 12.2 Å². The molecule has 28 heavy (non-hydrogen) atoms.